The number of carbonyl (C=O) groups is 1. The highest BCUT2D eigenvalue weighted by Crippen LogP contribution is 2.31. The Bertz CT molecular complexity index is 638. The molecule has 1 heterocycles. The van der Waals surface area contributed by atoms with Crippen molar-refractivity contribution in [3.63, 3.8) is 0 Å². The summed E-state index contributed by atoms with van der Waals surface area (Å²) < 4.78 is 25.2. The van der Waals surface area contributed by atoms with Crippen molar-refractivity contribution in [2.24, 2.45) is 0 Å². The zero-order valence-electron chi connectivity index (χ0n) is 9.08. The highest BCUT2D eigenvalue weighted by Gasteiger charge is 2.41. The highest BCUT2D eigenvalue weighted by molar-refractivity contribution is 7.91. The molecule has 0 fully saturated rings. The van der Waals surface area contributed by atoms with Gasteiger partial charge in [-0.3, -0.25) is 4.79 Å². The van der Waals surface area contributed by atoms with Crippen molar-refractivity contribution < 1.29 is 13.2 Å². The number of rotatable bonds is 2. The predicted molar refractivity (Wildman–Crippen MR) is 65.2 cm³/mol. The molecule has 0 bridgehead atoms. The van der Waals surface area contributed by atoms with Crippen LogP contribution in [0.15, 0.2) is 24.3 Å². The molecular formula is C10H8ClN3O3S. The minimum atomic E-state index is -4.17. The molecule has 18 heavy (non-hydrogen) atoms. The quantitative estimate of drug-likeness (QED) is 0.597. The predicted octanol–water partition coefficient (Wildman–Crippen LogP) is 0.913. The minimum Gasteiger partial charge on any atom is -0.268 e. The molecule has 2 rings (SSSR count). The summed E-state index contributed by atoms with van der Waals surface area (Å²) >= 11 is 5.49. The van der Waals surface area contributed by atoms with Gasteiger partial charge in [0, 0.05) is 5.88 Å². The van der Waals surface area contributed by atoms with Crippen LogP contribution in [0.5, 0.6) is 0 Å². The molecule has 94 valence electrons. The monoisotopic (exact) mass is 285 g/mol. The van der Waals surface area contributed by atoms with Gasteiger partial charge in [0.2, 0.25) is 6.19 Å². The summed E-state index contributed by atoms with van der Waals surface area (Å²) in [5, 5.41) is 8.97. The van der Waals surface area contributed by atoms with Crippen molar-refractivity contribution in [3.05, 3.63) is 29.8 Å². The largest absolute Gasteiger partial charge is 0.341 e. The number of hydrogen-bond acceptors (Lipinski definition) is 4. The first kappa shape index (κ1) is 12.7. The highest BCUT2D eigenvalue weighted by atomic mass is 35.5. The number of hydrogen-bond donors (Lipinski definition) is 0. The number of carbonyl (C=O) groups excluding carboxylic acids is 1. The van der Waals surface area contributed by atoms with E-state index in [9.17, 15) is 13.2 Å². The summed E-state index contributed by atoms with van der Waals surface area (Å²) in [5.41, 5.74) is 0.231. The van der Waals surface area contributed by atoms with Crippen LogP contribution in [0.3, 0.4) is 0 Å². The number of nitriles is 1. The molecular weight excluding hydrogens is 278 g/mol. The lowest BCUT2D eigenvalue weighted by Crippen LogP contribution is -2.50. The number of halogens is 1. The molecule has 0 saturated heterocycles. The second-order valence-electron chi connectivity index (χ2n) is 3.46. The Morgan fingerprint density at radius 3 is 2.61 bits per heavy atom. The van der Waals surface area contributed by atoms with Crippen LogP contribution in [0.2, 0.25) is 0 Å². The lowest BCUT2D eigenvalue weighted by Gasteiger charge is -2.32. The third-order valence-corrected chi connectivity index (χ3v) is 4.28. The molecule has 0 spiro atoms. The Hall–Kier alpha value is -1.78. The van der Waals surface area contributed by atoms with Gasteiger partial charge < -0.3 is 0 Å². The fourth-order valence-electron chi connectivity index (χ4n) is 1.69. The van der Waals surface area contributed by atoms with E-state index in [0.717, 1.165) is 0 Å². The molecule has 0 atom stereocenters. The van der Waals surface area contributed by atoms with E-state index < -0.39 is 16.1 Å². The summed E-state index contributed by atoms with van der Waals surface area (Å²) in [6.07, 6.45) is 1.57. The molecule has 0 radical (unpaired) electrons. The molecule has 0 N–H and O–H groups in total. The Balaban J connectivity index is 2.68. The molecule has 6 nitrogen and oxygen atoms in total. The molecule has 0 aromatic heterocycles. The van der Waals surface area contributed by atoms with Crippen LogP contribution in [-0.4, -0.2) is 31.1 Å². The fourth-order valence-corrected chi connectivity index (χ4v) is 3.30. The normalized spacial score (nSPS) is 17.2. The van der Waals surface area contributed by atoms with Crippen LogP contribution >= 0.6 is 11.6 Å². The number of benzene rings is 1. The Labute approximate surface area is 109 Å². The van der Waals surface area contributed by atoms with Gasteiger partial charge in [0.05, 0.1) is 17.8 Å². The van der Waals surface area contributed by atoms with E-state index in [1.54, 1.807) is 18.3 Å². The van der Waals surface area contributed by atoms with Gasteiger partial charge >= 0.3 is 10.2 Å². The molecule has 1 amide bonds. The maximum atomic E-state index is 12.1. The first-order chi connectivity index (χ1) is 8.54. The molecule has 1 aromatic rings. The Kier molecular flexibility index (Phi) is 3.15. The van der Waals surface area contributed by atoms with Crippen molar-refractivity contribution in [2.75, 3.05) is 16.7 Å². The van der Waals surface area contributed by atoms with Crippen LogP contribution in [0.4, 0.5) is 5.69 Å². The first-order valence-electron chi connectivity index (χ1n) is 4.96. The number of para-hydroxylation sites is 1. The number of anilines is 1. The van der Waals surface area contributed by atoms with Crippen molar-refractivity contribution in [1.29, 1.82) is 5.26 Å². The van der Waals surface area contributed by atoms with Crippen molar-refractivity contribution in [3.8, 4) is 6.19 Å². The number of amides is 1. The van der Waals surface area contributed by atoms with E-state index >= 15 is 0 Å². The van der Waals surface area contributed by atoms with Gasteiger partial charge in [-0.2, -0.15) is 18.0 Å². The van der Waals surface area contributed by atoms with Crippen molar-refractivity contribution in [1.82, 2.24) is 4.31 Å². The molecule has 1 aliphatic rings. The summed E-state index contributed by atoms with van der Waals surface area (Å²) in [4.78, 5) is 12.0. The van der Waals surface area contributed by atoms with Crippen LogP contribution in [0, 0.1) is 11.5 Å². The van der Waals surface area contributed by atoms with Gasteiger partial charge in [-0.05, 0) is 12.1 Å². The van der Waals surface area contributed by atoms with Crippen molar-refractivity contribution >= 4 is 33.4 Å². The number of alkyl halides is 1. The van der Waals surface area contributed by atoms with Crippen molar-refractivity contribution in [2.45, 2.75) is 0 Å². The van der Waals surface area contributed by atoms with Gasteiger partial charge in [0.25, 0.3) is 5.91 Å². The molecule has 0 unspecified atom stereocenters. The third kappa shape index (κ3) is 1.70. The SMILES string of the molecule is N#CN1c2ccccc2C(=O)N(CCCl)S1(=O)=O. The fraction of sp³-hybridized carbons (Fsp3) is 0.200. The Morgan fingerprint density at radius 1 is 1.33 bits per heavy atom. The van der Waals surface area contributed by atoms with Gasteiger partial charge in [-0.1, -0.05) is 12.1 Å². The van der Waals surface area contributed by atoms with E-state index in [0.29, 0.717) is 8.61 Å². The second-order valence-corrected chi connectivity index (χ2v) is 5.54. The van der Waals surface area contributed by atoms with Gasteiger partial charge in [0.1, 0.15) is 0 Å². The average molecular weight is 286 g/mol. The van der Waals surface area contributed by atoms with Gasteiger partial charge in [-0.15, -0.1) is 11.6 Å². The first-order valence-corrected chi connectivity index (χ1v) is 6.89. The van der Waals surface area contributed by atoms with Gasteiger partial charge in [-0.25, -0.2) is 4.31 Å². The van der Waals surface area contributed by atoms with E-state index in [-0.39, 0.29) is 23.7 Å². The molecule has 1 aromatic carbocycles. The minimum absolute atomic E-state index is 0.0353. The number of fused-ring (bicyclic) bond motifs is 1. The maximum Gasteiger partial charge on any atom is 0.341 e. The molecule has 0 aliphatic carbocycles. The summed E-state index contributed by atoms with van der Waals surface area (Å²) in [6, 6.07) is 6.04. The van der Waals surface area contributed by atoms with Crippen LogP contribution < -0.4 is 4.31 Å². The summed E-state index contributed by atoms with van der Waals surface area (Å²) in [5.74, 6) is -0.704. The van der Waals surface area contributed by atoms with Gasteiger partial charge in [0.15, 0.2) is 0 Å². The zero-order valence-corrected chi connectivity index (χ0v) is 10.6. The van der Waals surface area contributed by atoms with Crippen LogP contribution in [-0.2, 0) is 10.2 Å². The van der Waals surface area contributed by atoms with E-state index in [1.165, 1.54) is 12.1 Å². The number of nitrogens with zero attached hydrogens (tertiary/aromatic N) is 3. The smallest absolute Gasteiger partial charge is 0.268 e. The van der Waals surface area contributed by atoms with E-state index in [1.807, 2.05) is 0 Å². The molecule has 8 heteroatoms. The van der Waals surface area contributed by atoms with E-state index in [4.69, 9.17) is 16.9 Å². The summed E-state index contributed by atoms with van der Waals surface area (Å²) in [6.45, 7) is -0.171. The molecule has 1 aliphatic heterocycles. The standard InChI is InChI=1S/C10H8ClN3O3S/c11-5-6-13-10(15)8-3-1-2-4-9(8)14(7-12)18(13,16)17/h1-4H,5-6H2. The topological polar surface area (TPSA) is 81.5 Å². The lowest BCUT2D eigenvalue weighted by molar-refractivity contribution is 0.0864. The second kappa shape index (κ2) is 4.48. The average Bonchev–Trinajstić information content (AvgIpc) is 2.35. The maximum absolute atomic E-state index is 12.1. The van der Waals surface area contributed by atoms with Crippen LogP contribution in [0.25, 0.3) is 0 Å². The Morgan fingerprint density at radius 2 is 2.00 bits per heavy atom. The van der Waals surface area contributed by atoms with E-state index in [2.05, 4.69) is 0 Å². The van der Waals surface area contributed by atoms with Crippen LogP contribution in [0.1, 0.15) is 10.4 Å². The lowest BCUT2D eigenvalue weighted by atomic mass is 10.1. The summed E-state index contributed by atoms with van der Waals surface area (Å²) in [7, 11) is -4.17. The zero-order chi connectivity index (χ0) is 13.3. The molecule has 0 saturated carbocycles. The third-order valence-electron chi connectivity index (χ3n) is 2.47.